The molecule has 0 aromatic carbocycles. The van der Waals surface area contributed by atoms with E-state index in [0.717, 1.165) is 13.0 Å². The largest absolute Gasteiger partial charge is 0.298 e. The fraction of sp³-hybridized carbons (Fsp3) is 0.929. The fourth-order valence-electron chi connectivity index (χ4n) is 1.67. The Morgan fingerprint density at radius 3 is 2.19 bits per heavy atom. The van der Waals surface area contributed by atoms with Gasteiger partial charge in [-0.25, -0.2) is 0 Å². The van der Waals surface area contributed by atoms with Gasteiger partial charge >= 0.3 is 0 Å². The van der Waals surface area contributed by atoms with E-state index in [4.69, 9.17) is 0 Å². The molecule has 0 N–H and O–H groups in total. The van der Waals surface area contributed by atoms with Crippen LogP contribution < -0.4 is 0 Å². The van der Waals surface area contributed by atoms with Gasteiger partial charge in [0, 0.05) is 12.0 Å². The van der Waals surface area contributed by atoms with E-state index in [9.17, 15) is 4.79 Å². The first-order valence-corrected chi connectivity index (χ1v) is 6.79. The highest BCUT2D eigenvalue weighted by Crippen LogP contribution is 2.08. The van der Waals surface area contributed by atoms with E-state index in [1.165, 1.54) is 19.3 Å². The fourth-order valence-corrected chi connectivity index (χ4v) is 1.67. The zero-order chi connectivity index (χ0) is 12.6. The summed E-state index contributed by atoms with van der Waals surface area (Å²) in [5.74, 6) is 0.611. The molecule has 0 aliphatic carbocycles. The molecule has 2 heteroatoms. The van der Waals surface area contributed by atoms with Gasteiger partial charge in [-0.3, -0.25) is 9.69 Å². The minimum Gasteiger partial charge on any atom is -0.298 e. The summed E-state index contributed by atoms with van der Waals surface area (Å²) in [6.45, 7) is 12.4. The minimum absolute atomic E-state index is 0.215. The van der Waals surface area contributed by atoms with Gasteiger partial charge in [-0.15, -0.1) is 0 Å². The number of carbonyl (C=O) groups excluding carboxylic acids is 1. The molecule has 0 rings (SSSR count). The van der Waals surface area contributed by atoms with Crippen LogP contribution in [0, 0.1) is 5.92 Å². The summed E-state index contributed by atoms with van der Waals surface area (Å²) >= 11 is 0. The van der Waals surface area contributed by atoms with Gasteiger partial charge < -0.3 is 0 Å². The van der Waals surface area contributed by atoms with Crippen molar-refractivity contribution >= 4 is 5.78 Å². The second kappa shape index (κ2) is 8.74. The zero-order valence-corrected chi connectivity index (χ0v) is 11.8. The Morgan fingerprint density at radius 2 is 1.75 bits per heavy atom. The standard InChI is InChI=1S/C14H29NO/c1-6-8-9-10-15(12(3)4)11-14(16)13(5)7-2/h12-13H,6-11H2,1-5H3. The smallest absolute Gasteiger partial charge is 0.149 e. The lowest BCUT2D eigenvalue weighted by molar-refractivity contribution is -0.124. The van der Waals surface area contributed by atoms with Crippen LogP contribution in [0.5, 0.6) is 0 Å². The first kappa shape index (κ1) is 15.6. The number of ketones is 1. The molecule has 0 bridgehead atoms. The number of hydrogen-bond acceptors (Lipinski definition) is 2. The maximum Gasteiger partial charge on any atom is 0.149 e. The normalized spacial score (nSPS) is 13.4. The quantitative estimate of drug-likeness (QED) is 0.562. The number of unbranched alkanes of at least 4 members (excludes halogenated alkanes) is 2. The number of nitrogens with zero attached hydrogens (tertiary/aromatic N) is 1. The Labute approximate surface area is 101 Å². The third-order valence-electron chi connectivity index (χ3n) is 3.30. The van der Waals surface area contributed by atoms with E-state index in [1.807, 2.05) is 6.92 Å². The van der Waals surface area contributed by atoms with Gasteiger partial charge in [0.05, 0.1) is 6.54 Å². The van der Waals surface area contributed by atoms with Crippen molar-refractivity contribution in [2.24, 2.45) is 5.92 Å². The lowest BCUT2D eigenvalue weighted by Gasteiger charge is -2.26. The molecule has 2 nitrogen and oxygen atoms in total. The van der Waals surface area contributed by atoms with Crippen LogP contribution in [0.2, 0.25) is 0 Å². The molecule has 0 spiro atoms. The van der Waals surface area contributed by atoms with Gasteiger partial charge in [-0.05, 0) is 33.2 Å². The average molecular weight is 227 g/mol. The molecule has 0 amide bonds. The van der Waals surface area contributed by atoms with Gasteiger partial charge in [0.2, 0.25) is 0 Å². The highest BCUT2D eigenvalue weighted by Gasteiger charge is 2.17. The van der Waals surface area contributed by atoms with Crippen LogP contribution in [0.3, 0.4) is 0 Å². The molecule has 16 heavy (non-hydrogen) atoms. The summed E-state index contributed by atoms with van der Waals surface area (Å²) in [5.41, 5.74) is 0. The Morgan fingerprint density at radius 1 is 1.12 bits per heavy atom. The van der Waals surface area contributed by atoms with Gasteiger partial charge in [-0.1, -0.05) is 33.6 Å². The van der Waals surface area contributed by atoms with Gasteiger partial charge in [-0.2, -0.15) is 0 Å². The van der Waals surface area contributed by atoms with Crippen molar-refractivity contribution in [2.45, 2.75) is 66.3 Å². The van der Waals surface area contributed by atoms with E-state index in [1.54, 1.807) is 0 Å². The molecule has 1 atom stereocenters. The summed E-state index contributed by atoms with van der Waals surface area (Å²) in [4.78, 5) is 14.2. The number of carbonyl (C=O) groups is 1. The molecular weight excluding hydrogens is 198 g/mol. The Balaban J connectivity index is 4.07. The van der Waals surface area contributed by atoms with Gasteiger partial charge in [0.25, 0.3) is 0 Å². The van der Waals surface area contributed by atoms with E-state index >= 15 is 0 Å². The van der Waals surface area contributed by atoms with E-state index in [2.05, 4.69) is 32.6 Å². The molecule has 0 aromatic rings. The van der Waals surface area contributed by atoms with Gasteiger partial charge in [0.15, 0.2) is 0 Å². The molecule has 0 fully saturated rings. The van der Waals surface area contributed by atoms with E-state index in [-0.39, 0.29) is 5.92 Å². The summed E-state index contributed by atoms with van der Waals surface area (Å²) in [6, 6.07) is 0.477. The molecule has 0 saturated heterocycles. The average Bonchev–Trinajstić information content (AvgIpc) is 2.26. The molecule has 0 aliphatic heterocycles. The summed E-state index contributed by atoms with van der Waals surface area (Å²) < 4.78 is 0. The SMILES string of the molecule is CCCCCN(CC(=O)C(C)CC)C(C)C. The number of rotatable bonds is 9. The number of Topliss-reactive ketones (excluding diaryl/α,β-unsaturated/α-hetero) is 1. The molecule has 0 aliphatic rings. The maximum absolute atomic E-state index is 11.9. The third-order valence-corrected chi connectivity index (χ3v) is 3.30. The lowest BCUT2D eigenvalue weighted by atomic mass is 10.0. The minimum atomic E-state index is 0.215. The van der Waals surface area contributed by atoms with Crippen molar-refractivity contribution in [1.29, 1.82) is 0 Å². The molecule has 0 aromatic heterocycles. The maximum atomic E-state index is 11.9. The van der Waals surface area contributed by atoms with Crippen LogP contribution in [-0.4, -0.2) is 29.8 Å². The number of hydrogen-bond donors (Lipinski definition) is 0. The third kappa shape index (κ3) is 6.26. The van der Waals surface area contributed by atoms with Crippen molar-refractivity contribution in [1.82, 2.24) is 4.90 Å². The van der Waals surface area contributed by atoms with Crippen molar-refractivity contribution in [3.63, 3.8) is 0 Å². The Hall–Kier alpha value is -0.370. The molecule has 0 radical (unpaired) electrons. The predicted molar refractivity (Wildman–Crippen MR) is 70.7 cm³/mol. The van der Waals surface area contributed by atoms with Crippen molar-refractivity contribution < 1.29 is 4.79 Å². The topological polar surface area (TPSA) is 20.3 Å². The highest BCUT2D eigenvalue weighted by molar-refractivity contribution is 5.82. The Kier molecular flexibility index (Phi) is 8.54. The van der Waals surface area contributed by atoms with E-state index < -0.39 is 0 Å². The van der Waals surface area contributed by atoms with Crippen LogP contribution in [-0.2, 0) is 4.79 Å². The molecular formula is C14H29NO. The molecule has 0 heterocycles. The molecule has 0 saturated carbocycles. The first-order valence-electron chi connectivity index (χ1n) is 6.79. The molecule has 96 valence electrons. The monoisotopic (exact) mass is 227 g/mol. The van der Waals surface area contributed by atoms with Crippen molar-refractivity contribution in [3.05, 3.63) is 0 Å². The predicted octanol–water partition coefficient (Wildman–Crippen LogP) is 3.50. The Bertz CT molecular complexity index is 189. The highest BCUT2D eigenvalue weighted by atomic mass is 16.1. The van der Waals surface area contributed by atoms with E-state index in [0.29, 0.717) is 18.4 Å². The summed E-state index contributed by atoms with van der Waals surface area (Å²) in [7, 11) is 0. The van der Waals surface area contributed by atoms with Crippen LogP contribution in [0.25, 0.3) is 0 Å². The van der Waals surface area contributed by atoms with Gasteiger partial charge in [0.1, 0.15) is 5.78 Å². The molecule has 1 unspecified atom stereocenters. The summed E-state index contributed by atoms with van der Waals surface area (Å²) in [5, 5.41) is 0. The summed E-state index contributed by atoms with van der Waals surface area (Å²) in [6.07, 6.45) is 4.67. The van der Waals surface area contributed by atoms with Crippen LogP contribution in [0.4, 0.5) is 0 Å². The van der Waals surface area contributed by atoms with Crippen molar-refractivity contribution in [3.8, 4) is 0 Å². The second-order valence-corrected chi connectivity index (χ2v) is 5.05. The van der Waals surface area contributed by atoms with Crippen molar-refractivity contribution in [2.75, 3.05) is 13.1 Å². The van der Waals surface area contributed by atoms with Crippen LogP contribution in [0.1, 0.15) is 60.3 Å². The zero-order valence-electron chi connectivity index (χ0n) is 11.8. The van der Waals surface area contributed by atoms with Crippen LogP contribution in [0.15, 0.2) is 0 Å². The van der Waals surface area contributed by atoms with Crippen LogP contribution >= 0.6 is 0 Å². The second-order valence-electron chi connectivity index (χ2n) is 5.05. The first-order chi connectivity index (χ1) is 7.52. The lowest BCUT2D eigenvalue weighted by Crippen LogP contribution is -2.38.